The number of aliphatic hydroxyl groups is 4. The Balaban J connectivity index is 1.44. The zero-order valence-corrected chi connectivity index (χ0v) is 20.9. The molecule has 0 amide bonds. The van der Waals surface area contributed by atoms with Gasteiger partial charge in [-0.05, 0) is 43.5 Å². The summed E-state index contributed by atoms with van der Waals surface area (Å²) < 4.78 is 27.1. The molecule has 9 atom stereocenters. The van der Waals surface area contributed by atoms with Gasteiger partial charge in [0.15, 0.2) is 12.4 Å². The lowest BCUT2D eigenvalue weighted by Crippen LogP contribution is -2.61. The molecule has 12 nitrogen and oxygen atoms in total. The number of rotatable bonds is 7. The Labute approximate surface area is 218 Å². The highest BCUT2D eigenvalue weighted by molar-refractivity contribution is 5.89. The van der Waals surface area contributed by atoms with E-state index in [0.717, 1.165) is 6.08 Å². The SMILES string of the molecule is COC(=O)C1=COC(OC2OC(CO)C(OC(=O)C=Cc3ccc(O)cc3)C(O)C2O)C2C1CCC2(C)O. The van der Waals surface area contributed by atoms with Crippen LogP contribution in [0.4, 0.5) is 0 Å². The number of methoxy groups -OCH3 is 1. The molecule has 0 aromatic heterocycles. The van der Waals surface area contributed by atoms with Crippen molar-refractivity contribution in [2.24, 2.45) is 11.8 Å². The minimum atomic E-state index is -1.71. The number of hydrogen-bond acceptors (Lipinski definition) is 12. The lowest BCUT2D eigenvalue weighted by molar-refractivity contribution is -0.346. The molecular weight excluding hydrogens is 504 g/mol. The van der Waals surface area contributed by atoms with Crippen LogP contribution >= 0.6 is 0 Å². The molecule has 1 saturated heterocycles. The van der Waals surface area contributed by atoms with Crippen molar-refractivity contribution in [1.82, 2.24) is 0 Å². The topological polar surface area (TPSA) is 181 Å². The van der Waals surface area contributed by atoms with Gasteiger partial charge in [-0.3, -0.25) is 0 Å². The third kappa shape index (κ3) is 5.70. The van der Waals surface area contributed by atoms with E-state index in [0.29, 0.717) is 18.4 Å². The maximum absolute atomic E-state index is 12.4. The number of carbonyl (C=O) groups is 2. The second kappa shape index (κ2) is 11.4. The Morgan fingerprint density at radius 2 is 1.87 bits per heavy atom. The summed E-state index contributed by atoms with van der Waals surface area (Å²) in [5.74, 6) is -2.55. The summed E-state index contributed by atoms with van der Waals surface area (Å²) in [6, 6.07) is 6.03. The van der Waals surface area contributed by atoms with Gasteiger partial charge in [0.2, 0.25) is 6.29 Å². The van der Waals surface area contributed by atoms with E-state index in [1.54, 1.807) is 19.1 Å². The molecular formula is C26H32O12. The summed E-state index contributed by atoms with van der Waals surface area (Å²) >= 11 is 0. The minimum Gasteiger partial charge on any atom is -0.508 e. The molecule has 2 heterocycles. The van der Waals surface area contributed by atoms with Crippen molar-refractivity contribution < 1.29 is 58.8 Å². The van der Waals surface area contributed by atoms with Crippen molar-refractivity contribution in [1.29, 1.82) is 0 Å². The molecule has 208 valence electrons. The van der Waals surface area contributed by atoms with E-state index in [1.807, 2.05) is 0 Å². The first kappa shape index (κ1) is 28.0. The molecule has 0 spiro atoms. The zero-order chi connectivity index (χ0) is 27.6. The van der Waals surface area contributed by atoms with Gasteiger partial charge in [-0.2, -0.15) is 0 Å². The Hall–Kier alpha value is -3.00. The monoisotopic (exact) mass is 536 g/mol. The predicted octanol–water partition coefficient (Wildman–Crippen LogP) is -0.0368. The van der Waals surface area contributed by atoms with E-state index in [2.05, 4.69) is 0 Å². The van der Waals surface area contributed by atoms with Crippen LogP contribution in [0.25, 0.3) is 6.08 Å². The van der Waals surface area contributed by atoms with Crippen molar-refractivity contribution in [2.45, 2.75) is 62.4 Å². The fraction of sp³-hybridized carbons (Fsp3) is 0.538. The van der Waals surface area contributed by atoms with Crippen molar-refractivity contribution in [3.8, 4) is 5.75 Å². The highest BCUT2D eigenvalue weighted by Crippen LogP contribution is 2.49. The number of esters is 2. The second-order valence-electron chi connectivity index (χ2n) is 9.77. The molecule has 38 heavy (non-hydrogen) atoms. The number of carbonyl (C=O) groups excluding carboxylic acids is 2. The van der Waals surface area contributed by atoms with Crippen LogP contribution in [0.3, 0.4) is 0 Å². The first-order valence-corrected chi connectivity index (χ1v) is 12.2. The summed E-state index contributed by atoms with van der Waals surface area (Å²) in [4.78, 5) is 24.5. The Morgan fingerprint density at radius 3 is 2.53 bits per heavy atom. The van der Waals surface area contributed by atoms with E-state index in [4.69, 9.17) is 23.7 Å². The van der Waals surface area contributed by atoms with E-state index in [1.165, 1.54) is 31.6 Å². The van der Waals surface area contributed by atoms with Gasteiger partial charge in [0.05, 0.1) is 37.1 Å². The molecule has 5 N–H and O–H groups in total. The van der Waals surface area contributed by atoms with Gasteiger partial charge in [0.25, 0.3) is 0 Å². The van der Waals surface area contributed by atoms with Crippen LogP contribution in [-0.2, 0) is 33.3 Å². The van der Waals surface area contributed by atoms with Crippen LogP contribution in [0.1, 0.15) is 25.3 Å². The van der Waals surface area contributed by atoms with Crippen molar-refractivity contribution in [3.05, 3.63) is 47.7 Å². The van der Waals surface area contributed by atoms with Crippen LogP contribution in [0.15, 0.2) is 42.2 Å². The Morgan fingerprint density at radius 1 is 1.16 bits per heavy atom. The highest BCUT2D eigenvalue weighted by atomic mass is 16.8. The van der Waals surface area contributed by atoms with Crippen LogP contribution < -0.4 is 0 Å². The fourth-order valence-corrected chi connectivity index (χ4v) is 5.17. The van der Waals surface area contributed by atoms with Crippen LogP contribution in [0, 0.1) is 11.8 Å². The smallest absolute Gasteiger partial charge is 0.337 e. The number of phenols is 1. The van der Waals surface area contributed by atoms with E-state index in [9.17, 15) is 35.1 Å². The van der Waals surface area contributed by atoms with Crippen LogP contribution in [0.5, 0.6) is 5.75 Å². The summed E-state index contributed by atoms with van der Waals surface area (Å²) in [6.45, 7) is 0.910. The lowest BCUT2D eigenvalue weighted by Gasteiger charge is -2.44. The number of aromatic hydroxyl groups is 1. The van der Waals surface area contributed by atoms with Crippen LogP contribution in [0.2, 0.25) is 0 Å². The number of benzene rings is 1. The number of ether oxygens (including phenoxy) is 5. The Bertz CT molecular complexity index is 1060. The minimum absolute atomic E-state index is 0.0642. The molecule has 3 aliphatic rings. The van der Waals surface area contributed by atoms with E-state index in [-0.39, 0.29) is 11.3 Å². The Kier molecular flexibility index (Phi) is 8.40. The third-order valence-corrected chi connectivity index (χ3v) is 7.20. The molecule has 1 aliphatic carbocycles. The van der Waals surface area contributed by atoms with Gasteiger partial charge in [-0.25, -0.2) is 9.59 Å². The summed E-state index contributed by atoms with van der Waals surface area (Å²) in [5.41, 5.74) is -0.425. The number of hydrogen-bond donors (Lipinski definition) is 5. The maximum Gasteiger partial charge on any atom is 0.337 e. The average Bonchev–Trinajstić information content (AvgIpc) is 3.23. The molecule has 1 aromatic carbocycles. The summed E-state index contributed by atoms with van der Waals surface area (Å²) in [7, 11) is 1.24. The molecule has 1 aromatic rings. The van der Waals surface area contributed by atoms with Gasteiger partial charge in [0.1, 0.15) is 24.1 Å². The van der Waals surface area contributed by atoms with Crippen molar-refractivity contribution >= 4 is 18.0 Å². The van der Waals surface area contributed by atoms with Crippen molar-refractivity contribution in [2.75, 3.05) is 13.7 Å². The lowest BCUT2D eigenvalue weighted by atomic mass is 9.81. The third-order valence-electron chi connectivity index (χ3n) is 7.20. The molecule has 9 unspecified atom stereocenters. The zero-order valence-electron chi connectivity index (χ0n) is 20.9. The first-order chi connectivity index (χ1) is 18.1. The molecule has 2 aliphatic heterocycles. The first-order valence-electron chi connectivity index (χ1n) is 12.2. The normalized spacial score (nSPS) is 36.7. The number of aliphatic hydroxyl groups excluding tert-OH is 3. The van der Waals surface area contributed by atoms with Crippen molar-refractivity contribution in [3.63, 3.8) is 0 Å². The molecule has 2 fully saturated rings. The number of phenolic OH excluding ortho intramolecular Hbond substituents is 1. The van der Waals surface area contributed by atoms with Gasteiger partial charge >= 0.3 is 11.9 Å². The second-order valence-corrected chi connectivity index (χ2v) is 9.77. The average molecular weight is 537 g/mol. The van der Waals surface area contributed by atoms with Gasteiger partial charge in [0, 0.05) is 12.0 Å². The number of fused-ring (bicyclic) bond motifs is 1. The van der Waals surface area contributed by atoms with E-state index < -0.39 is 73.0 Å². The largest absolute Gasteiger partial charge is 0.508 e. The molecule has 1 saturated carbocycles. The van der Waals surface area contributed by atoms with Gasteiger partial charge in [-0.1, -0.05) is 12.1 Å². The van der Waals surface area contributed by atoms with Gasteiger partial charge in [-0.15, -0.1) is 0 Å². The standard InChI is InChI=1S/C26H32O12/c1-26(33)10-9-15-16(23(32)34-2)12-35-24(19(15)26)38-25-21(31)20(30)22(17(11-27)36-25)37-18(29)8-5-13-3-6-14(28)7-4-13/h3-8,12,15,17,19-22,24-25,27-28,30-31,33H,9-11H2,1-2H3. The summed E-state index contributed by atoms with van der Waals surface area (Å²) in [5, 5.41) is 51.6. The highest BCUT2D eigenvalue weighted by Gasteiger charge is 2.56. The summed E-state index contributed by atoms with van der Waals surface area (Å²) in [6.07, 6.45) is -4.23. The maximum atomic E-state index is 12.4. The molecule has 12 heteroatoms. The fourth-order valence-electron chi connectivity index (χ4n) is 5.17. The molecule has 4 rings (SSSR count). The molecule has 0 radical (unpaired) electrons. The van der Waals surface area contributed by atoms with E-state index >= 15 is 0 Å². The van der Waals surface area contributed by atoms with Crippen LogP contribution in [-0.4, -0.2) is 93.8 Å². The molecule has 0 bridgehead atoms. The van der Waals surface area contributed by atoms with Gasteiger partial charge < -0.3 is 49.2 Å². The predicted molar refractivity (Wildman–Crippen MR) is 128 cm³/mol. The quantitative estimate of drug-likeness (QED) is 0.232.